The number of rotatable bonds is 4. The van der Waals surface area contributed by atoms with Crippen molar-refractivity contribution in [1.82, 2.24) is 15.1 Å². The van der Waals surface area contributed by atoms with Crippen molar-refractivity contribution in [3.05, 3.63) is 52.5 Å². The molecule has 1 fully saturated rings. The third-order valence-corrected chi connectivity index (χ3v) is 6.17. The molecule has 0 saturated carbocycles. The zero-order valence-corrected chi connectivity index (χ0v) is 17.5. The molecule has 8 heteroatoms. The van der Waals surface area contributed by atoms with Gasteiger partial charge in [-0.25, -0.2) is 0 Å². The molecule has 1 aromatic heterocycles. The van der Waals surface area contributed by atoms with Gasteiger partial charge in [0, 0.05) is 42.5 Å². The quantitative estimate of drug-likeness (QED) is 0.685. The molecule has 0 spiro atoms. The van der Waals surface area contributed by atoms with E-state index in [2.05, 4.69) is 26.1 Å². The van der Waals surface area contributed by atoms with Crippen LogP contribution in [0, 0.1) is 0 Å². The minimum atomic E-state index is -0.297. The molecule has 150 valence electrons. The first kappa shape index (κ1) is 19.9. The Morgan fingerprint density at radius 2 is 1.69 bits per heavy atom. The lowest BCUT2D eigenvalue weighted by Gasteiger charge is -2.37. The van der Waals surface area contributed by atoms with Crippen molar-refractivity contribution < 1.29 is 4.79 Å². The number of primary amides is 1. The molecule has 2 aromatic carbocycles. The minimum Gasteiger partial charge on any atom is -0.368 e. The maximum Gasteiger partial charge on any atom is 0.234 e. The van der Waals surface area contributed by atoms with Crippen LogP contribution in [-0.4, -0.2) is 53.2 Å². The second kappa shape index (κ2) is 8.14. The molecule has 1 unspecified atom stereocenters. The van der Waals surface area contributed by atoms with Crippen molar-refractivity contribution >= 4 is 45.7 Å². The van der Waals surface area contributed by atoms with E-state index in [-0.39, 0.29) is 11.9 Å². The fourth-order valence-electron chi connectivity index (χ4n) is 3.68. The van der Waals surface area contributed by atoms with Crippen molar-refractivity contribution in [3.63, 3.8) is 0 Å². The highest BCUT2D eigenvalue weighted by molar-refractivity contribution is 6.42. The van der Waals surface area contributed by atoms with Crippen LogP contribution in [0.5, 0.6) is 0 Å². The van der Waals surface area contributed by atoms with Crippen LogP contribution >= 0.6 is 23.2 Å². The van der Waals surface area contributed by atoms with Crippen LogP contribution in [0.15, 0.2) is 42.5 Å². The van der Waals surface area contributed by atoms with E-state index in [1.54, 1.807) is 6.07 Å². The summed E-state index contributed by atoms with van der Waals surface area (Å²) in [7, 11) is 0. The smallest absolute Gasteiger partial charge is 0.234 e. The lowest BCUT2D eigenvalue weighted by Crippen LogP contribution is -2.53. The third kappa shape index (κ3) is 3.88. The van der Waals surface area contributed by atoms with Gasteiger partial charge in [-0.2, -0.15) is 0 Å². The SMILES string of the molecule is CC(C(N)=O)N1CCN(c2nnc(-c3ccc(Cl)c(Cl)c3)c3ccccc23)CC1. The number of benzene rings is 2. The summed E-state index contributed by atoms with van der Waals surface area (Å²) in [6, 6.07) is 13.3. The first-order chi connectivity index (χ1) is 14.0. The van der Waals surface area contributed by atoms with E-state index >= 15 is 0 Å². The van der Waals surface area contributed by atoms with Gasteiger partial charge in [0.2, 0.25) is 5.91 Å². The molecule has 0 bridgehead atoms. The Hall–Kier alpha value is -2.41. The van der Waals surface area contributed by atoms with Crippen molar-refractivity contribution in [2.24, 2.45) is 5.73 Å². The molecule has 4 rings (SSSR count). The topological polar surface area (TPSA) is 75.4 Å². The summed E-state index contributed by atoms with van der Waals surface area (Å²) in [5.41, 5.74) is 7.08. The Labute approximate surface area is 179 Å². The summed E-state index contributed by atoms with van der Waals surface area (Å²) in [6.07, 6.45) is 0. The maximum absolute atomic E-state index is 11.5. The van der Waals surface area contributed by atoms with Gasteiger partial charge in [0.05, 0.1) is 16.1 Å². The van der Waals surface area contributed by atoms with Crippen LogP contribution in [0.1, 0.15) is 6.92 Å². The number of amides is 1. The van der Waals surface area contributed by atoms with Gasteiger partial charge in [-0.15, -0.1) is 10.2 Å². The summed E-state index contributed by atoms with van der Waals surface area (Å²) in [5.74, 6) is 0.547. The average Bonchev–Trinajstić information content (AvgIpc) is 2.74. The van der Waals surface area contributed by atoms with Crippen molar-refractivity contribution in [2.45, 2.75) is 13.0 Å². The number of fused-ring (bicyclic) bond motifs is 1. The lowest BCUT2D eigenvalue weighted by atomic mass is 10.0. The van der Waals surface area contributed by atoms with E-state index in [1.165, 1.54) is 0 Å². The maximum atomic E-state index is 11.5. The first-order valence-corrected chi connectivity index (χ1v) is 10.2. The van der Waals surface area contributed by atoms with Gasteiger partial charge in [-0.05, 0) is 19.1 Å². The number of hydrogen-bond donors (Lipinski definition) is 1. The van der Waals surface area contributed by atoms with Crippen molar-refractivity contribution in [1.29, 1.82) is 0 Å². The fraction of sp³-hybridized carbons (Fsp3) is 0.286. The lowest BCUT2D eigenvalue weighted by molar-refractivity contribution is -0.122. The fourth-order valence-corrected chi connectivity index (χ4v) is 3.98. The number of carbonyl (C=O) groups excluding carboxylic acids is 1. The summed E-state index contributed by atoms with van der Waals surface area (Å²) < 4.78 is 0. The Morgan fingerprint density at radius 1 is 1.00 bits per heavy atom. The van der Waals surface area contributed by atoms with Gasteiger partial charge in [0.15, 0.2) is 5.82 Å². The standard InChI is InChI=1S/C21H21Cl2N5O/c1-13(20(24)29)27-8-10-28(11-9-27)21-16-5-3-2-4-15(16)19(25-26-21)14-6-7-17(22)18(23)12-14/h2-7,12-13H,8-11H2,1H3,(H2,24,29). The minimum absolute atomic E-state index is 0.267. The molecule has 0 radical (unpaired) electrons. The highest BCUT2D eigenvalue weighted by Crippen LogP contribution is 2.34. The molecular weight excluding hydrogens is 409 g/mol. The van der Waals surface area contributed by atoms with E-state index in [9.17, 15) is 4.79 Å². The molecule has 2 heterocycles. The molecule has 1 amide bonds. The molecule has 1 aliphatic heterocycles. The molecule has 3 aromatic rings. The second-order valence-corrected chi connectivity index (χ2v) is 7.96. The van der Waals surface area contributed by atoms with Gasteiger partial charge < -0.3 is 10.6 Å². The predicted molar refractivity (Wildman–Crippen MR) is 117 cm³/mol. The number of aromatic nitrogens is 2. The molecule has 1 aliphatic rings. The largest absolute Gasteiger partial charge is 0.368 e. The van der Waals surface area contributed by atoms with Crippen LogP contribution in [0.25, 0.3) is 22.0 Å². The van der Waals surface area contributed by atoms with Crippen LogP contribution in [0.2, 0.25) is 10.0 Å². The number of piperazine rings is 1. The zero-order chi connectivity index (χ0) is 20.5. The van der Waals surface area contributed by atoms with Gasteiger partial charge in [0.25, 0.3) is 0 Å². The Kier molecular flexibility index (Phi) is 5.58. The van der Waals surface area contributed by atoms with E-state index in [0.29, 0.717) is 10.0 Å². The van der Waals surface area contributed by atoms with Gasteiger partial charge in [-0.1, -0.05) is 53.5 Å². The molecule has 1 saturated heterocycles. The van der Waals surface area contributed by atoms with Crippen molar-refractivity contribution in [3.8, 4) is 11.3 Å². The highest BCUT2D eigenvalue weighted by atomic mass is 35.5. The predicted octanol–water partition coefficient (Wildman–Crippen LogP) is 3.60. The molecule has 1 atom stereocenters. The molecule has 6 nitrogen and oxygen atoms in total. The van der Waals surface area contributed by atoms with Crippen LogP contribution in [-0.2, 0) is 4.79 Å². The summed E-state index contributed by atoms with van der Waals surface area (Å²) in [5, 5.41) is 12.1. The number of nitrogens with zero attached hydrogens (tertiary/aromatic N) is 4. The van der Waals surface area contributed by atoms with Gasteiger partial charge >= 0.3 is 0 Å². The van der Waals surface area contributed by atoms with E-state index in [0.717, 1.165) is 54.0 Å². The Balaban J connectivity index is 1.68. The normalized spacial score (nSPS) is 16.2. The number of halogens is 2. The van der Waals surface area contributed by atoms with Crippen LogP contribution in [0.3, 0.4) is 0 Å². The summed E-state index contributed by atoms with van der Waals surface area (Å²) in [6.45, 7) is 4.84. The van der Waals surface area contributed by atoms with E-state index < -0.39 is 0 Å². The van der Waals surface area contributed by atoms with Gasteiger partial charge in [0.1, 0.15) is 5.69 Å². The number of hydrogen-bond acceptors (Lipinski definition) is 5. The van der Waals surface area contributed by atoms with Gasteiger partial charge in [-0.3, -0.25) is 9.69 Å². The molecule has 2 N–H and O–H groups in total. The highest BCUT2D eigenvalue weighted by Gasteiger charge is 2.26. The zero-order valence-electron chi connectivity index (χ0n) is 16.0. The Morgan fingerprint density at radius 3 is 2.34 bits per heavy atom. The molecular formula is C21H21Cl2N5O. The first-order valence-electron chi connectivity index (χ1n) is 9.45. The summed E-state index contributed by atoms with van der Waals surface area (Å²) >= 11 is 12.3. The number of nitrogens with two attached hydrogens (primary N) is 1. The Bertz CT molecular complexity index is 1070. The van der Waals surface area contributed by atoms with E-state index in [1.807, 2.05) is 37.3 Å². The van der Waals surface area contributed by atoms with Crippen LogP contribution < -0.4 is 10.6 Å². The average molecular weight is 430 g/mol. The number of anilines is 1. The van der Waals surface area contributed by atoms with E-state index in [4.69, 9.17) is 28.9 Å². The second-order valence-electron chi connectivity index (χ2n) is 7.15. The van der Waals surface area contributed by atoms with Crippen LogP contribution in [0.4, 0.5) is 5.82 Å². The molecule has 29 heavy (non-hydrogen) atoms. The van der Waals surface area contributed by atoms with Crippen molar-refractivity contribution in [2.75, 3.05) is 31.1 Å². The third-order valence-electron chi connectivity index (χ3n) is 5.43. The number of carbonyl (C=O) groups is 1. The summed E-state index contributed by atoms with van der Waals surface area (Å²) in [4.78, 5) is 15.8. The molecule has 0 aliphatic carbocycles. The monoisotopic (exact) mass is 429 g/mol.